The van der Waals surface area contributed by atoms with Crippen LogP contribution in [0.5, 0.6) is 0 Å². The third-order valence-corrected chi connectivity index (χ3v) is 5.22. The zero-order valence-electron chi connectivity index (χ0n) is 16.9. The Bertz CT molecular complexity index is 940. The molecule has 2 atom stereocenters. The molecule has 0 aliphatic carbocycles. The molecule has 0 unspecified atom stereocenters. The molecule has 0 saturated carbocycles. The van der Waals surface area contributed by atoms with Gasteiger partial charge < -0.3 is 15.5 Å². The molecule has 0 saturated heterocycles. The van der Waals surface area contributed by atoms with E-state index in [1.165, 1.54) is 12.1 Å². The van der Waals surface area contributed by atoms with Crippen molar-refractivity contribution in [2.45, 2.75) is 37.8 Å². The number of amides is 3. The first-order valence-electron chi connectivity index (χ1n) is 10.1. The van der Waals surface area contributed by atoms with E-state index in [0.29, 0.717) is 12.8 Å². The number of carbonyl (C=O) groups is 4. The predicted molar refractivity (Wildman–Crippen MR) is 111 cm³/mol. The van der Waals surface area contributed by atoms with E-state index < -0.39 is 35.8 Å². The van der Waals surface area contributed by atoms with Gasteiger partial charge in [0.2, 0.25) is 5.91 Å². The number of aliphatic carboxylic acids is 1. The first kappa shape index (κ1) is 22.2. The number of carboxylic acid groups (broad SMARTS) is 1. The fraction of sp³-hybridized carbons (Fsp3) is 0.304. The lowest BCUT2D eigenvalue weighted by atomic mass is 10.0. The smallest absolute Gasteiger partial charge is 0.326 e. The molecule has 0 aromatic heterocycles. The van der Waals surface area contributed by atoms with Gasteiger partial charge in [0.05, 0.1) is 11.1 Å². The molecule has 8 nitrogen and oxygen atoms in total. The summed E-state index contributed by atoms with van der Waals surface area (Å²) in [5.74, 6) is -3.09. The Morgan fingerprint density at radius 2 is 1.48 bits per heavy atom. The van der Waals surface area contributed by atoms with Crippen LogP contribution in [0.4, 0.5) is 0 Å². The summed E-state index contributed by atoms with van der Waals surface area (Å²) in [7, 11) is 0. The van der Waals surface area contributed by atoms with Gasteiger partial charge in [0.25, 0.3) is 11.8 Å². The van der Waals surface area contributed by atoms with E-state index in [9.17, 15) is 24.3 Å². The molecule has 3 amide bonds. The normalized spacial score (nSPS) is 14.8. The number of imide groups is 1. The van der Waals surface area contributed by atoms with E-state index in [-0.39, 0.29) is 30.6 Å². The van der Waals surface area contributed by atoms with E-state index in [1.54, 1.807) is 42.5 Å². The van der Waals surface area contributed by atoms with Crippen LogP contribution in [0.2, 0.25) is 0 Å². The van der Waals surface area contributed by atoms with Crippen molar-refractivity contribution in [3.05, 3.63) is 71.3 Å². The van der Waals surface area contributed by atoms with Gasteiger partial charge in [-0.2, -0.15) is 0 Å². The Kier molecular flexibility index (Phi) is 7.15. The van der Waals surface area contributed by atoms with Gasteiger partial charge in [-0.25, -0.2) is 4.79 Å². The van der Waals surface area contributed by atoms with E-state index in [4.69, 9.17) is 5.11 Å². The largest absolute Gasteiger partial charge is 0.480 e. The second-order valence-electron chi connectivity index (χ2n) is 7.35. The van der Waals surface area contributed by atoms with Crippen LogP contribution in [0.1, 0.15) is 45.5 Å². The van der Waals surface area contributed by atoms with Crippen molar-refractivity contribution in [3.8, 4) is 0 Å². The number of nitrogens with zero attached hydrogens (tertiary/aromatic N) is 1. The zero-order chi connectivity index (χ0) is 22.4. The molecule has 2 aromatic rings. The maximum Gasteiger partial charge on any atom is 0.326 e. The van der Waals surface area contributed by atoms with Gasteiger partial charge in [0, 0.05) is 13.0 Å². The molecule has 3 N–H and O–H groups in total. The number of rotatable bonds is 10. The van der Waals surface area contributed by atoms with Gasteiger partial charge in [0.1, 0.15) is 12.1 Å². The lowest BCUT2D eigenvalue weighted by molar-refractivity contribution is -0.142. The third-order valence-electron chi connectivity index (χ3n) is 5.22. The van der Waals surface area contributed by atoms with Gasteiger partial charge >= 0.3 is 5.97 Å². The molecule has 0 fully saturated rings. The Labute approximate surface area is 179 Å². The van der Waals surface area contributed by atoms with Crippen LogP contribution < -0.4 is 5.32 Å². The number of aliphatic hydroxyl groups is 1. The van der Waals surface area contributed by atoms with Gasteiger partial charge in [-0.15, -0.1) is 0 Å². The van der Waals surface area contributed by atoms with E-state index in [0.717, 1.165) is 10.5 Å². The predicted octanol–water partition coefficient (Wildman–Crippen LogP) is 1.63. The van der Waals surface area contributed by atoms with Crippen LogP contribution in [-0.2, 0) is 16.0 Å². The van der Waals surface area contributed by atoms with Gasteiger partial charge in [-0.05, 0) is 37.0 Å². The Morgan fingerprint density at radius 1 is 0.903 bits per heavy atom. The summed E-state index contributed by atoms with van der Waals surface area (Å²) in [5.41, 5.74) is 1.16. The first-order valence-corrected chi connectivity index (χ1v) is 10.1. The van der Waals surface area contributed by atoms with Crippen molar-refractivity contribution < 1.29 is 29.4 Å². The minimum atomic E-state index is -1.22. The average Bonchev–Trinajstić information content (AvgIpc) is 3.02. The van der Waals surface area contributed by atoms with Gasteiger partial charge in [-0.3, -0.25) is 19.3 Å². The third kappa shape index (κ3) is 4.97. The maximum absolute atomic E-state index is 13.1. The summed E-state index contributed by atoms with van der Waals surface area (Å²) in [6.07, 6.45) is 0.959. The van der Waals surface area contributed by atoms with Crippen LogP contribution >= 0.6 is 0 Å². The molecule has 3 rings (SSSR count). The Morgan fingerprint density at radius 3 is 2.03 bits per heavy atom. The molecule has 1 aliphatic heterocycles. The minimum absolute atomic E-state index is 0.0629. The fourth-order valence-electron chi connectivity index (χ4n) is 3.64. The highest BCUT2D eigenvalue weighted by Crippen LogP contribution is 2.26. The molecule has 1 heterocycles. The number of benzene rings is 2. The van der Waals surface area contributed by atoms with Crippen molar-refractivity contribution in [2.75, 3.05) is 6.61 Å². The second-order valence-corrected chi connectivity index (χ2v) is 7.35. The van der Waals surface area contributed by atoms with Crippen LogP contribution in [-0.4, -0.2) is 57.5 Å². The molecular formula is C23H24N2O6. The Hall–Kier alpha value is -3.52. The van der Waals surface area contributed by atoms with E-state index >= 15 is 0 Å². The van der Waals surface area contributed by atoms with Crippen molar-refractivity contribution in [1.29, 1.82) is 0 Å². The van der Waals surface area contributed by atoms with Crippen LogP contribution in [0.15, 0.2) is 54.6 Å². The molecule has 0 spiro atoms. The summed E-state index contributed by atoms with van der Waals surface area (Å²) in [4.78, 5) is 51.5. The highest BCUT2D eigenvalue weighted by atomic mass is 16.4. The Balaban J connectivity index is 1.82. The number of carbonyl (C=O) groups excluding carboxylic acids is 3. The van der Waals surface area contributed by atoms with Gasteiger partial charge in [0.15, 0.2) is 0 Å². The molecule has 162 valence electrons. The molecule has 2 aromatic carbocycles. The molecule has 31 heavy (non-hydrogen) atoms. The summed E-state index contributed by atoms with van der Waals surface area (Å²) in [6.45, 7) is -0.0950. The van der Waals surface area contributed by atoms with Crippen molar-refractivity contribution in [3.63, 3.8) is 0 Å². The van der Waals surface area contributed by atoms with Crippen molar-refractivity contribution in [2.24, 2.45) is 0 Å². The average molecular weight is 424 g/mol. The first-order chi connectivity index (χ1) is 14.9. The summed E-state index contributed by atoms with van der Waals surface area (Å²) < 4.78 is 0. The number of unbranched alkanes of at least 4 members (excludes halogenated alkanes) is 1. The second kappa shape index (κ2) is 9.99. The number of hydrogen-bond acceptors (Lipinski definition) is 5. The highest BCUT2D eigenvalue weighted by molar-refractivity contribution is 6.22. The summed E-state index contributed by atoms with van der Waals surface area (Å²) in [5, 5.41) is 21.2. The molecule has 0 bridgehead atoms. The van der Waals surface area contributed by atoms with E-state index in [2.05, 4.69) is 5.32 Å². The summed E-state index contributed by atoms with van der Waals surface area (Å²) >= 11 is 0. The number of carboxylic acids is 1. The van der Waals surface area contributed by atoms with Crippen LogP contribution in [0.25, 0.3) is 0 Å². The molecular weight excluding hydrogens is 400 g/mol. The van der Waals surface area contributed by atoms with Gasteiger partial charge in [-0.1, -0.05) is 42.5 Å². The van der Waals surface area contributed by atoms with Crippen molar-refractivity contribution >= 4 is 23.7 Å². The van der Waals surface area contributed by atoms with E-state index in [1.807, 2.05) is 0 Å². The number of fused-ring (bicyclic) bond motifs is 1. The fourth-order valence-corrected chi connectivity index (χ4v) is 3.64. The number of aliphatic hydroxyl groups excluding tert-OH is 1. The monoisotopic (exact) mass is 424 g/mol. The lowest BCUT2D eigenvalue weighted by Gasteiger charge is -2.27. The molecule has 8 heteroatoms. The summed E-state index contributed by atoms with van der Waals surface area (Å²) in [6, 6.07) is 12.8. The lowest BCUT2D eigenvalue weighted by Crippen LogP contribution is -2.53. The molecule has 1 aliphatic rings. The number of nitrogens with one attached hydrogen (secondary N) is 1. The standard InChI is InChI=1S/C23H24N2O6/c26-13-7-6-12-19(25-21(28)16-10-4-5-11-17(16)22(25)29)20(27)24-18(23(30)31)14-15-8-2-1-3-9-15/h1-5,8-11,18-19,26H,6-7,12-14H2,(H,24,27)(H,30,31)/t18-,19+/m0/s1. The number of hydrogen-bond donors (Lipinski definition) is 3. The minimum Gasteiger partial charge on any atom is -0.480 e. The SMILES string of the molecule is O=C(O)[C@H](Cc1ccccc1)NC(=O)[C@@H](CCCCO)N1C(=O)c2ccccc2C1=O. The topological polar surface area (TPSA) is 124 Å². The quantitative estimate of drug-likeness (QED) is 0.393. The molecule has 0 radical (unpaired) electrons. The van der Waals surface area contributed by atoms with Crippen LogP contribution in [0.3, 0.4) is 0 Å². The van der Waals surface area contributed by atoms with Crippen molar-refractivity contribution in [1.82, 2.24) is 10.2 Å². The maximum atomic E-state index is 13.1. The highest BCUT2D eigenvalue weighted by Gasteiger charge is 2.43. The van der Waals surface area contributed by atoms with Crippen LogP contribution in [0, 0.1) is 0 Å². The zero-order valence-corrected chi connectivity index (χ0v) is 16.9.